The summed E-state index contributed by atoms with van der Waals surface area (Å²) in [6.07, 6.45) is 7.93. The van der Waals surface area contributed by atoms with Crippen molar-refractivity contribution in [2.45, 2.75) is 51.0 Å². The van der Waals surface area contributed by atoms with Gasteiger partial charge in [0.25, 0.3) is 0 Å². The number of hydrogen-bond acceptors (Lipinski definition) is 2. The summed E-state index contributed by atoms with van der Waals surface area (Å²) in [5, 5.41) is 0. The molecule has 0 spiro atoms. The standard InChI is InChI=1S/C17H21FO2/c1-2-3-4-17(19)20-16-11-7-14(8-12-16)13-5-9-15(18)10-6-13/h3-6,9-10,14,16H,2,7-8,11-12H2,1H3. The summed E-state index contributed by atoms with van der Waals surface area (Å²) < 4.78 is 18.3. The second kappa shape index (κ2) is 7.22. The lowest BCUT2D eigenvalue weighted by atomic mass is 9.83. The minimum Gasteiger partial charge on any atom is -0.459 e. The van der Waals surface area contributed by atoms with E-state index in [4.69, 9.17) is 4.74 Å². The van der Waals surface area contributed by atoms with E-state index < -0.39 is 0 Å². The van der Waals surface area contributed by atoms with Crippen LogP contribution in [0.15, 0.2) is 36.4 Å². The highest BCUT2D eigenvalue weighted by Crippen LogP contribution is 2.34. The third kappa shape index (κ3) is 4.19. The highest BCUT2D eigenvalue weighted by atomic mass is 19.1. The molecule has 0 atom stereocenters. The molecule has 0 aromatic heterocycles. The molecule has 0 amide bonds. The summed E-state index contributed by atoms with van der Waals surface area (Å²) in [5.74, 6) is 0.0212. The maximum absolute atomic E-state index is 12.9. The van der Waals surface area contributed by atoms with Crippen LogP contribution in [0, 0.1) is 5.82 Å². The van der Waals surface area contributed by atoms with Crippen LogP contribution in [0.3, 0.4) is 0 Å². The Balaban J connectivity index is 1.81. The molecule has 0 bridgehead atoms. The second-order valence-electron chi connectivity index (χ2n) is 5.27. The Morgan fingerprint density at radius 3 is 2.50 bits per heavy atom. The molecule has 20 heavy (non-hydrogen) atoms. The zero-order valence-corrected chi connectivity index (χ0v) is 11.8. The van der Waals surface area contributed by atoms with Crippen molar-refractivity contribution >= 4 is 5.97 Å². The van der Waals surface area contributed by atoms with Crippen molar-refractivity contribution < 1.29 is 13.9 Å². The van der Waals surface area contributed by atoms with Crippen LogP contribution in [0.5, 0.6) is 0 Å². The normalized spacial score (nSPS) is 22.9. The smallest absolute Gasteiger partial charge is 0.330 e. The molecule has 0 N–H and O–H groups in total. The van der Waals surface area contributed by atoms with Crippen molar-refractivity contribution in [3.8, 4) is 0 Å². The van der Waals surface area contributed by atoms with Crippen molar-refractivity contribution in [2.24, 2.45) is 0 Å². The molecule has 1 saturated carbocycles. The average molecular weight is 276 g/mol. The minimum absolute atomic E-state index is 0.0284. The van der Waals surface area contributed by atoms with Crippen molar-refractivity contribution in [3.63, 3.8) is 0 Å². The molecule has 2 rings (SSSR count). The molecular formula is C17H21FO2. The molecular weight excluding hydrogens is 255 g/mol. The Bertz CT molecular complexity index is 456. The summed E-state index contributed by atoms with van der Waals surface area (Å²) >= 11 is 0. The molecule has 0 radical (unpaired) electrons. The Morgan fingerprint density at radius 1 is 1.25 bits per heavy atom. The molecule has 1 fully saturated rings. The fourth-order valence-electron chi connectivity index (χ4n) is 2.67. The Labute approximate surface area is 119 Å². The van der Waals surface area contributed by atoms with E-state index in [0.717, 1.165) is 32.1 Å². The average Bonchev–Trinajstić information content (AvgIpc) is 2.47. The highest BCUT2D eigenvalue weighted by molar-refractivity contribution is 5.82. The van der Waals surface area contributed by atoms with Gasteiger partial charge in [0.05, 0.1) is 0 Å². The van der Waals surface area contributed by atoms with Gasteiger partial charge >= 0.3 is 5.97 Å². The summed E-state index contributed by atoms with van der Waals surface area (Å²) in [7, 11) is 0. The topological polar surface area (TPSA) is 26.3 Å². The molecule has 1 aromatic carbocycles. The lowest BCUT2D eigenvalue weighted by molar-refractivity contribution is -0.144. The number of benzene rings is 1. The maximum Gasteiger partial charge on any atom is 0.330 e. The second-order valence-corrected chi connectivity index (χ2v) is 5.27. The predicted molar refractivity (Wildman–Crippen MR) is 76.9 cm³/mol. The fourth-order valence-corrected chi connectivity index (χ4v) is 2.67. The number of halogens is 1. The zero-order chi connectivity index (χ0) is 14.4. The first-order chi connectivity index (χ1) is 9.69. The Morgan fingerprint density at radius 2 is 1.90 bits per heavy atom. The number of ether oxygens (including phenoxy) is 1. The van der Waals surface area contributed by atoms with Crippen molar-refractivity contribution in [3.05, 3.63) is 47.8 Å². The summed E-state index contributed by atoms with van der Waals surface area (Å²) in [5.41, 5.74) is 1.18. The van der Waals surface area contributed by atoms with E-state index in [9.17, 15) is 9.18 Å². The third-order valence-electron chi connectivity index (χ3n) is 3.79. The number of carbonyl (C=O) groups excluding carboxylic acids is 1. The molecule has 1 aromatic rings. The van der Waals surface area contributed by atoms with Crippen LogP contribution < -0.4 is 0 Å². The zero-order valence-electron chi connectivity index (χ0n) is 11.8. The Hall–Kier alpha value is -1.64. The Kier molecular flexibility index (Phi) is 5.33. The van der Waals surface area contributed by atoms with E-state index in [-0.39, 0.29) is 17.9 Å². The van der Waals surface area contributed by atoms with Crippen LogP contribution in [-0.4, -0.2) is 12.1 Å². The van der Waals surface area contributed by atoms with E-state index >= 15 is 0 Å². The number of carbonyl (C=O) groups is 1. The maximum atomic E-state index is 12.9. The molecule has 0 aliphatic heterocycles. The number of hydrogen-bond donors (Lipinski definition) is 0. The van der Waals surface area contributed by atoms with Crippen LogP contribution in [0.2, 0.25) is 0 Å². The molecule has 2 nitrogen and oxygen atoms in total. The molecule has 3 heteroatoms. The van der Waals surface area contributed by atoms with Crippen LogP contribution in [0.1, 0.15) is 50.5 Å². The molecule has 1 aliphatic rings. The molecule has 0 saturated heterocycles. The van der Waals surface area contributed by atoms with Crippen molar-refractivity contribution in [1.29, 1.82) is 0 Å². The van der Waals surface area contributed by atoms with E-state index in [1.807, 2.05) is 25.1 Å². The molecule has 0 heterocycles. The molecule has 0 unspecified atom stereocenters. The number of esters is 1. The third-order valence-corrected chi connectivity index (χ3v) is 3.79. The monoisotopic (exact) mass is 276 g/mol. The van der Waals surface area contributed by atoms with Gasteiger partial charge in [0, 0.05) is 6.08 Å². The summed E-state index contributed by atoms with van der Waals surface area (Å²) in [6.45, 7) is 1.98. The lowest BCUT2D eigenvalue weighted by Crippen LogP contribution is -2.23. The van der Waals surface area contributed by atoms with Gasteiger partial charge in [0.15, 0.2) is 0 Å². The van der Waals surface area contributed by atoms with Gasteiger partial charge in [-0.25, -0.2) is 9.18 Å². The predicted octanol–water partition coefficient (Wildman–Crippen LogP) is 4.36. The summed E-state index contributed by atoms with van der Waals surface area (Å²) in [4.78, 5) is 11.5. The van der Waals surface area contributed by atoms with Crippen molar-refractivity contribution in [1.82, 2.24) is 0 Å². The molecule has 108 valence electrons. The van der Waals surface area contributed by atoms with Crippen LogP contribution in [-0.2, 0) is 9.53 Å². The largest absolute Gasteiger partial charge is 0.459 e. The first-order valence-electron chi connectivity index (χ1n) is 7.31. The summed E-state index contributed by atoms with van der Waals surface area (Å²) in [6, 6.07) is 6.74. The number of allylic oxidation sites excluding steroid dienone is 1. The van der Waals surface area contributed by atoms with Crippen LogP contribution in [0.4, 0.5) is 4.39 Å². The van der Waals surface area contributed by atoms with Gasteiger partial charge in [-0.05, 0) is 55.7 Å². The van der Waals surface area contributed by atoms with Gasteiger partial charge in [0.1, 0.15) is 11.9 Å². The SMILES string of the molecule is CCC=CC(=O)OC1CCC(c2ccc(F)cc2)CC1. The first kappa shape index (κ1) is 14.8. The highest BCUT2D eigenvalue weighted by Gasteiger charge is 2.24. The molecule has 1 aliphatic carbocycles. The van der Waals surface area contributed by atoms with E-state index in [2.05, 4.69) is 0 Å². The van der Waals surface area contributed by atoms with Gasteiger partial charge in [-0.1, -0.05) is 25.1 Å². The minimum atomic E-state index is -0.239. The first-order valence-corrected chi connectivity index (χ1v) is 7.31. The van der Waals surface area contributed by atoms with Crippen LogP contribution in [0.25, 0.3) is 0 Å². The van der Waals surface area contributed by atoms with E-state index in [1.54, 1.807) is 0 Å². The fraction of sp³-hybridized carbons (Fsp3) is 0.471. The number of rotatable bonds is 4. The van der Waals surface area contributed by atoms with Crippen molar-refractivity contribution in [2.75, 3.05) is 0 Å². The van der Waals surface area contributed by atoms with E-state index in [0.29, 0.717) is 5.92 Å². The van der Waals surface area contributed by atoms with Gasteiger partial charge in [-0.2, -0.15) is 0 Å². The van der Waals surface area contributed by atoms with Gasteiger partial charge in [-0.3, -0.25) is 0 Å². The van der Waals surface area contributed by atoms with Gasteiger partial charge in [0.2, 0.25) is 0 Å². The van der Waals surface area contributed by atoms with Crippen LogP contribution >= 0.6 is 0 Å². The van der Waals surface area contributed by atoms with Gasteiger partial charge < -0.3 is 4.74 Å². The lowest BCUT2D eigenvalue weighted by Gasteiger charge is -2.28. The van der Waals surface area contributed by atoms with Gasteiger partial charge in [-0.15, -0.1) is 0 Å². The quantitative estimate of drug-likeness (QED) is 0.603. The van der Waals surface area contributed by atoms with E-state index in [1.165, 1.54) is 23.8 Å².